The van der Waals surface area contributed by atoms with Crippen LogP contribution in [-0.4, -0.2) is 23.0 Å². The molecule has 0 aliphatic heterocycles. The van der Waals surface area contributed by atoms with Crippen molar-refractivity contribution in [2.75, 3.05) is 7.11 Å². The fraction of sp³-hybridized carbons (Fsp3) is 0.0435. The molecule has 2 aromatic heterocycles. The zero-order valence-corrected chi connectivity index (χ0v) is 14.7. The number of carbonyl (C=O) groups is 1. The fourth-order valence-corrected chi connectivity index (χ4v) is 2.94. The van der Waals surface area contributed by atoms with E-state index in [2.05, 4.69) is 21.8 Å². The summed E-state index contributed by atoms with van der Waals surface area (Å²) in [5.74, 6) is 5.88. The first-order valence-corrected chi connectivity index (χ1v) is 8.46. The van der Waals surface area contributed by atoms with Gasteiger partial charge in [0.2, 0.25) is 0 Å². The Morgan fingerprint density at radius 1 is 1.00 bits per heavy atom. The molecule has 2 aromatic carbocycles. The first kappa shape index (κ1) is 16.6. The van der Waals surface area contributed by atoms with Crippen molar-refractivity contribution in [3.63, 3.8) is 0 Å². The van der Waals surface area contributed by atoms with Crippen LogP contribution in [-0.2, 0) is 4.74 Å². The van der Waals surface area contributed by atoms with Crippen molar-refractivity contribution >= 4 is 16.9 Å². The number of aromatic amines is 1. The molecule has 4 rings (SSSR count). The molecule has 4 aromatic rings. The van der Waals surface area contributed by atoms with Crippen molar-refractivity contribution in [1.82, 2.24) is 9.97 Å². The predicted molar refractivity (Wildman–Crippen MR) is 105 cm³/mol. The number of aromatic nitrogens is 2. The van der Waals surface area contributed by atoms with Gasteiger partial charge < -0.3 is 9.72 Å². The molecule has 0 fully saturated rings. The summed E-state index contributed by atoms with van der Waals surface area (Å²) in [6, 6.07) is 17.5. The zero-order valence-electron chi connectivity index (χ0n) is 14.7. The maximum Gasteiger partial charge on any atom is 0.338 e. The molecule has 0 aliphatic carbocycles. The number of pyridine rings is 1. The Kier molecular flexibility index (Phi) is 4.42. The molecule has 0 aliphatic rings. The second-order valence-corrected chi connectivity index (χ2v) is 6.02. The largest absolute Gasteiger partial charge is 0.465 e. The van der Waals surface area contributed by atoms with Crippen LogP contribution in [0.2, 0.25) is 0 Å². The molecular weight excluding hydrogens is 336 g/mol. The lowest BCUT2D eigenvalue weighted by molar-refractivity contribution is 0.0603. The van der Waals surface area contributed by atoms with Crippen molar-refractivity contribution in [2.45, 2.75) is 0 Å². The van der Waals surface area contributed by atoms with E-state index in [1.807, 2.05) is 60.8 Å². The average Bonchev–Trinajstić information content (AvgIpc) is 3.21. The van der Waals surface area contributed by atoms with E-state index in [0.717, 1.165) is 33.2 Å². The van der Waals surface area contributed by atoms with Crippen LogP contribution in [0.25, 0.3) is 22.0 Å². The molecule has 130 valence electrons. The first-order chi connectivity index (χ1) is 13.2. The molecule has 0 spiro atoms. The Labute approximate surface area is 156 Å². The Morgan fingerprint density at radius 3 is 2.56 bits per heavy atom. The number of H-pyrrole nitrogens is 1. The summed E-state index contributed by atoms with van der Waals surface area (Å²) in [6.45, 7) is 0. The maximum atomic E-state index is 12.1. The van der Waals surface area contributed by atoms with Crippen LogP contribution >= 0.6 is 0 Å². The van der Waals surface area contributed by atoms with Crippen molar-refractivity contribution in [3.05, 3.63) is 89.9 Å². The molecule has 0 amide bonds. The molecule has 0 radical (unpaired) electrons. The standard InChI is InChI=1S/C23H16N2O2/c1-27-23(26)21-13-19(14-22-20(21)10-12-25-22)18-8-6-16(7-9-18)4-5-17-3-2-11-24-15-17/h2-3,6-15,25H,1H3. The molecule has 0 unspecified atom stereocenters. The zero-order chi connectivity index (χ0) is 18.6. The molecule has 0 saturated heterocycles. The summed E-state index contributed by atoms with van der Waals surface area (Å²) in [6.07, 6.45) is 5.28. The van der Waals surface area contributed by atoms with Crippen LogP contribution in [0.15, 0.2) is 73.2 Å². The second-order valence-electron chi connectivity index (χ2n) is 6.02. The monoisotopic (exact) mass is 352 g/mol. The van der Waals surface area contributed by atoms with Gasteiger partial charge in [-0.2, -0.15) is 0 Å². The summed E-state index contributed by atoms with van der Waals surface area (Å²) in [7, 11) is 1.39. The molecule has 2 heterocycles. The van der Waals surface area contributed by atoms with Gasteiger partial charge in [0.25, 0.3) is 0 Å². The summed E-state index contributed by atoms with van der Waals surface area (Å²) in [5, 5.41) is 0.851. The number of ether oxygens (including phenoxy) is 1. The second kappa shape index (κ2) is 7.19. The lowest BCUT2D eigenvalue weighted by Gasteiger charge is -2.07. The molecule has 27 heavy (non-hydrogen) atoms. The van der Waals surface area contributed by atoms with Gasteiger partial charge in [-0.05, 0) is 53.6 Å². The molecule has 4 heteroatoms. The van der Waals surface area contributed by atoms with Crippen LogP contribution < -0.4 is 0 Å². The third-order valence-electron chi connectivity index (χ3n) is 4.31. The van der Waals surface area contributed by atoms with Crippen molar-refractivity contribution in [1.29, 1.82) is 0 Å². The maximum absolute atomic E-state index is 12.1. The number of hydrogen-bond donors (Lipinski definition) is 1. The number of hydrogen-bond acceptors (Lipinski definition) is 3. The Morgan fingerprint density at radius 2 is 1.81 bits per heavy atom. The summed E-state index contributed by atoms with van der Waals surface area (Å²) >= 11 is 0. The highest BCUT2D eigenvalue weighted by Gasteiger charge is 2.13. The minimum atomic E-state index is -0.347. The van der Waals surface area contributed by atoms with Gasteiger partial charge >= 0.3 is 5.97 Å². The van der Waals surface area contributed by atoms with Gasteiger partial charge in [0, 0.05) is 40.6 Å². The number of methoxy groups -OCH3 is 1. The van der Waals surface area contributed by atoms with E-state index < -0.39 is 0 Å². The number of carbonyl (C=O) groups excluding carboxylic acids is 1. The number of esters is 1. The van der Waals surface area contributed by atoms with Crippen LogP contribution in [0.5, 0.6) is 0 Å². The minimum absolute atomic E-state index is 0.347. The topological polar surface area (TPSA) is 55.0 Å². The lowest BCUT2D eigenvalue weighted by Crippen LogP contribution is -2.02. The normalized spacial score (nSPS) is 10.3. The van der Waals surface area contributed by atoms with E-state index in [1.165, 1.54) is 7.11 Å². The van der Waals surface area contributed by atoms with Gasteiger partial charge in [-0.1, -0.05) is 24.0 Å². The molecule has 0 saturated carbocycles. The SMILES string of the molecule is COC(=O)c1cc(-c2ccc(C#Cc3cccnc3)cc2)cc2[nH]ccc12. The highest BCUT2D eigenvalue weighted by Crippen LogP contribution is 2.28. The van der Waals surface area contributed by atoms with Gasteiger partial charge in [0.15, 0.2) is 0 Å². The molecular formula is C23H16N2O2. The van der Waals surface area contributed by atoms with Gasteiger partial charge in [-0.3, -0.25) is 4.98 Å². The van der Waals surface area contributed by atoms with Crippen LogP contribution in [0.4, 0.5) is 0 Å². The van der Waals surface area contributed by atoms with Gasteiger partial charge in [0.05, 0.1) is 12.7 Å². The summed E-state index contributed by atoms with van der Waals surface area (Å²) in [4.78, 5) is 19.3. The quantitative estimate of drug-likeness (QED) is 0.429. The van der Waals surface area contributed by atoms with Gasteiger partial charge in [-0.15, -0.1) is 0 Å². The van der Waals surface area contributed by atoms with Crippen molar-refractivity contribution in [3.8, 4) is 23.0 Å². The van der Waals surface area contributed by atoms with Crippen LogP contribution in [0.3, 0.4) is 0 Å². The summed E-state index contributed by atoms with van der Waals surface area (Å²) in [5.41, 5.74) is 5.18. The highest BCUT2D eigenvalue weighted by atomic mass is 16.5. The number of fused-ring (bicyclic) bond motifs is 1. The number of benzene rings is 2. The Bertz CT molecular complexity index is 1160. The molecule has 0 atom stereocenters. The average molecular weight is 352 g/mol. The van der Waals surface area contributed by atoms with E-state index in [4.69, 9.17) is 4.74 Å². The number of nitrogens with one attached hydrogen (secondary N) is 1. The first-order valence-electron chi connectivity index (χ1n) is 8.46. The summed E-state index contributed by atoms with van der Waals surface area (Å²) < 4.78 is 4.92. The minimum Gasteiger partial charge on any atom is -0.465 e. The Hall–Kier alpha value is -3.84. The van der Waals surface area contributed by atoms with E-state index in [9.17, 15) is 4.79 Å². The van der Waals surface area contributed by atoms with E-state index in [1.54, 1.807) is 12.4 Å². The molecule has 4 nitrogen and oxygen atoms in total. The third kappa shape index (κ3) is 3.44. The predicted octanol–water partition coefficient (Wildman–Crippen LogP) is 4.42. The third-order valence-corrected chi connectivity index (χ3v) is 4.31. The fourth-order valence-electron chi connectivity index (χ4n) is 2.94. The Balaban J connectivity index is 1.68. The van der Waals surface area contributed by atoms with E-state index >= 15 is 0 Å². The van der Waals surface area contributed by atoms with E-state index in [-0.39, 0.29) is 5.97 Å². The molecule has 0 bridgehead atoms. The van der Waals surface area contributed by atoms with Crippen molar-refractivity contribution < 1.29 is 9.53 Å². The number of nitrogens with zero attached hydrogens (tertiary/aromatic N) is 1. The lowest BCUT2D eigenvalue weighted by atomic mass is 9.99. The highest BCUT2D eigenvalue weighted by molar-refractivity contribution is 6.05. The van der Waals surface area contributed by atoms with E-state index in [0.29, 0.717) is 5.56 Å². The molecule has 1 N–H and O–H groups in total. The van der Waals surface area contributed by atoms with Crippen molar-refractivity contribution in [2.24, 2.45) is 0 Å². The smallest absolute Gasteiger partial charge is 0.338 e. The number of rotatable bonds is 2. The van der Waals surface area contributed by atoms with Gasteiger partial charge in [-0.25, -0.2) is 4.79 Å². The van der Waals surface area contributed by atoms with Crippen LogP contribution in [0, 0.1) is 11.8 Å². The van der Waals surface area contributed by atoms with Crippen LogP contribution in [0.1, 0.15) is 21.5 Å². The van der Waals surface area contributed by atoms with Gasteiger partial charge in [0.1, 0.15) is 0 Å².